The maximum Gasteiger partial charge on any atom is 0.313 e. The van der Waals surface area contributed by atoms with E-state index >= 15 is 0 Å². The van der Waals surface area contributed by atoms with E-state index in [-0.39, 0.29) is 0 Å². The molecule has 20 heavy (non-hydrogen) atoms. The predicted octanol–water partition coefficient (Wildman–Crippen LogP) is 2.59. The zero-order valence-corrected chi connectivity index (χ0v) is 11.4. The van der Waals surface area contributed by atoms with Gasteiger partial charge in [-0.25, -0.2) is 0 Å². The Morgan fingerprint density at radius 2 is 1.55 bits per heavy atom. The Morgan fingerprint density at radius 1 is 0.900 bits per heavy atom. The first-order valence-corrected chi connectivity index (χ1v) is 6.42. The molecule has 0 aliphatic carbocycles. The first-order chi connectivity index (χ1) is 9.66. The molecule has 2 amide bonds. The first kappa shape index (κ1) is 14.1. The molecule has 0 aliphatic heterocycles. The highest BCUT2D eigenvalue weighted by molar-refractivity contribution is 6.41. The van der Waals surface area contributed by atoms with E-state index in [9.17, 15) is 9.59 Å². The van der Waals surface area contributed by atoms with Crippen LogP contribution in [0.25, 0.3) is 0 Å². The number of carbonyl (C=O) groups is 2. The van der Waals surface area contributed by atoms with Crippen LogP contribution in [-0.4, -0.2) is 11.8 Å². The van der Waals surface area contributed by atoms with E-state index in [0.29, 0.717) is 17.3 Å². The summed E-state index contributed by atoms with van der Waals surface area (Å²) in [4.78, 5) is 23.4. The largest absolute Gasteiger partial charge is 0.344 e. The van der Waals surface area contributed by atoms with E-state index in [1.54, 1.807) is 24.3 Å². The van der Waals surface area contributed by atoms with Crippen molar-refractivity contribution < 1.29 is 9.59 Å². The van der Waals surface area contributed by atoms with Crippen LogP contribution >= 0.6 is 11.6 Å². The molecule has 0 unspecified atom stereocenters. The van der Waals surface area contributed by atoms with Crippen LogP contribution in [0.5, 0.6) is 0 Å². The van der Waals surface area contributed by atoms with Gasteiger partial charge in [0.25, 0.3) is 0 Å². The van der Waals surface area contributed by atoms with Gasteiger partial charge < -0.3 is 10.6 Å². The summed E-state index contributed by atoms with van der Waals surface area (Å²) in [6.07, 6.45) is 0. The smallest absolute Gasteiger partial charge is 0.313 e. The van der Waals surface area contributed by atoms with Crippen molar-refractivity contribution in [3.05, 3.63) is 65.2 Å². The molecule has 0 aromatic heterocycles. The third-order valence-electron chi connectivity index (χ3n) is 2.62. The van der Waals surface area contributed by atoms with Crippen LogP contribution in [0.1, 0.15) is 5.56 Å². The van der Waals surface area contributed by atoms with Crippen LogP contribution < -0.4 is 10.6 Å². The molecule has 0 saturated heterocycles. The molecule has 0 aliphatic rings. The summed E-state index contributed by atoms with van der Waals surface area (Å²) in [7, 11) is 0. The summed E-state index contributed by atoms with van der Waals surface area (Å²) >= 11 is 5.90. The third kappa shape index (κ3) is 3.83. The maximum atomic E-state index is 11.7. The van der Waals surface area contributed by atoms with Gasteiger partial charge in [-0.1, -0.05) is 54.1 Å². The number of hydrogen-bond donors (Lipinski definition) is 2. The Kier molecular flexibility index (Phi) is 4.74. The van der Waals surface area contributed by atoms with Crippen molar-refractivity contribution in [2.24, 2.45) is 0 Å². The number of carbonyl (C=O) groups excluding carboxylic acids is 2. The van der Waals surface area contributed by atoms with Gasteiger partial charge in [-0.2, -0.15) is 0 Å². The van der Waals surface area contributed by atoms with E-state index < -0.39 is 11.8 Å². The van der Waals surface area contributed by atoms with Crippen molar-refractivity contribution in [1.82, 2.24) is 5.32 Å². The number of para-hydroxylation sites is 1. The van der Waals surface area contributed by atoms with Crippen molar-refractivity contribution in [1.29, 1.82) is 0 Å². The lowest BCUT2D eigenvalue weighted by Gasteiger charge is -2.07. The molecule has 0 radical (unpaired) electrons. The molecule has 2 aromatic carbocycles. The highest BCUT2D eigenvalue weighted by Gasteiger charge is 2.14. The van der Waals surface area contributed by atoms with E-state index in [2.05, 4.69) is 10.6 Å². The van der Waals surface area contributed by atoms with Gasteiger partial charge in [0.1, 0.15) is 0 Å². The topological polar surface area (TPSA) is 58.2 Å². The maximum absolute atomic E-state index is 11.7. The van der Waals surface area contributed by atoms with Crippen LogP contribution in [0.4, 0.5) is 5.69 Å². The normalized spacial score (nSPS) is 9.85. The number of hydrogen-bond acceptors (Lipinski definition) is 2. The van der Waals surface area contributed by atoms with E-state index in [1.165, 1.54) is 0 Å². The summed E-state index contributed by atoms with van der Waals surface area (Å²) in [5.74, 6) is -1.44. The number of halogens is 1. The summed E-state index contributed by atoms with van der Waals surface area (Å²) in [5, 5.41) is 5.39. The molecule has 0 atom stereocenters. The minimum Gasteiger partial charge on any atom is -0.344 e. The van der Waals surface area contributed by atoms with Gasteiger partial charge in [-0.3, -0.25) is 9.59 Å². The highest BCUT2D eigenvalue weighted by atomic mass is 35.5. The van der Waals surface area contributed by atoms with Crippen molar-refractivity contribution in [3.63, 3.8) is 0 Å². The predicted molar refractivity (Wildman–Crippen MR) is 78.4 cm³/mol. The number of anilines is 1. The summed E-state index contributed by atoms with van der Waals surface area (Å²) in [5.41, 5.74) is 1.33. The zero-order chi connectivity index (χ0) is 14.4. The highest BCUT2D eigenvalue weighted by Crippen LogP contribution is 2.20. The van der Waals surface area contributed by atoms with Crippen molar-refractivity contribution in [3.8, 4) is 0 Å². The fourth-order valence-corrected chi connectivity index (χ4v) is 1.78. The van der Waals surface area contributed by atoms with E-state index in [4.69, 9.17) is 11.6 Å². The lowest BCUT2D eigenvalue weighted by atomic mass is 10.2. The van der Waals surface area contributed by atoms with Gasteiger partial charge in [0, 0.05) is 6.54 Å². The fraction of sp³-hybridized carbons (Fsp3) is 0.0667. The Bertz CT molecular complexity index is 614. The SMILES string of the molecule is O=C(NCc1ccccc1)C(=O)Nc1ccccc1Cl. The van der Waals surface area contributed by atoms with E-state index in [1.807, 2.05) is 30.3 Å². The van der Waals surface area contributed by atoms with Gasteiger partial charge in [0.2, 0.25) is 0 Å². The monoisotopic (exact) mass is 288 g/mol. The average molecular weight is 289 g/mol. The molecular formula is C15H13ClN2O2. The molecular weight excluding hydrogens is 276 g/mol. The Labute approximate surface area is 121 Å². The zero-order valence-electron chi connectivity index (χ0n) is 10.6. The van der Waals surface area contributed by atoms with Gasteiger partial charge in [-0.05, 0) is 17.7 Å². The molecule has 0 spiro atoms. The van der Waals surface area contributed by atoms with Crippen LogP contribution in [0.2, 0.25) is 5.02 Å². The summed E-state index contributed by atoms with van der Waals surface area (Å²) < 4.78 is 0. The molecule has 0 fully saturated rings. The molecule has 102 valence electrons. The van der Waals surface area contributed by atoms with Crippen LogP contribution in [-0.2, 0) is 16.1 Å². The molecule has 0 saturated carbocycles. The molecule has 2 rings (SSSR count). The lowest BCUT2D eigenvalue weighted by Crippen LogP contribution is -2.35. The number of nitrogens with one attached hydrogen (secondary N) is 2. The molecule has 2 aromatic rings. The second-order valence-electron chi connectivity index (χ2n) is 4.10. The molecule has 2 N–H and O–H groups in total. The molecule has 0 heterocycles. The molecule has 4 nitrogen and oxygen atoms in total. The Balaban J connectivity index is 1.90. The standard InChI is InChI=1S/C15H13ClN2O2/c16-12-8-4-5-9-13(12)18-15(20)14(19)17-10-11-6-2-1-3-7-11/h1-9H,10H2,(H,17,19)(H,18,20). The van der Waals surface area contributed by atoms with E-state index in [0.717, 1.165) is 5.56 Å². The summed E-state index contributed by atoms with van der Waals surface area (Å²) in [6.45, 7) is 0.301. The van der Waals surface area contributed by atoms with Crippen LogP contribution in [0.15, 0.2) is 54.6 Å². The number of benzene rings is 2. The third-order valence-corrected chi connectivity index (χ3v) is 2.95. The minimum atomic E-state index is -0.742. The average Bonchev–Trinajstić information content (AvgIpc) is 2.48. The Morgan fingerprint density at radius 3 is 2.25 bits per heavy atom. The number of rotatable bonds is 3. The van der Waals surface area contributed by atoms with Crippen LogP contribution in [0, 0.1) is 0 Å². The number of amides is 2. The van der Waals surface area contributed by atoms with Crippen molar-refractivity contribution in [2.45, 2.75) is 6.54 Å². The van der Waals surface area contributed by atoms with Gasteiger partial charge >= 0.3 is 11.8 Å². The molecule has 0 bridgehead atoms. The fourth-order valence-electron chi connectivity index (χ4n) is 1.60. The molecule has 5 heteroatoms. The van der Waals surface area contributed by atoms with Crippen molar-refractivity contribution >= 4 is 29.1 Å². The lowest BCUT2D eigenvalue weighted by molar-refractivity contribution is -0.136. The summed E-state index contributed by atoms with van der Waals surface area (Å²) in [6, 6.07) is 16.1. The van der Waals surface area contributed by atoms with Gasteiger partial charge in [0.15, 0.2) is 0 Å². The van der Waals surface area contributed by atoms with Gasteiger partial charge in [0.05, 0.1) is 10.7 Å². The van der Waals surface area contributed by atoms with Gasteiger partial charge in [-0.15, -0.1) is 0 Å². The first-order valence-electron chi connectivity index (χ1n) is 6.04. The second kappa shape index (κ2) is 6.73. The Hall–Kier alpha value is -2.33. The van der Waals surface area contributed by atoms with Crippen molar-refractivity contribution in [2.75, 3.05) is 5.32 Å². The quantitative estimate of drug-likeness (QED) is 0.853. The second-order valence-corrected chi connectivity index (χ2v) is 4.51. The van der Waals surface area contributed by atoms with Crippen LogP contribution in [0.3, 0.4) is 0 Å². The minimum absolute atomic E-state index is 0.301.